The van der Waals surface area contributed by atoms with Gasteiger partial charge in [-0.2, -0.15) is 0 Å². The zero-order valence-electron chi connectivity index (χ0n) is 13.2. The molecule has 3 heteroatoms. The maximum atomic E-state index is 12.9. The van der Waals surface area contributed by atoms with Crippen molar-refractivity contribution in [3.05, 3.63) is 35.9 Å². The van der Waals surface area contributed by atoms with Crippen molar-refractivity contribution in [2.45, 2.75) is 31.6 Å². The summed E-state index contributed by atoms with van der Waals surface area (Å²) in [7, 11) is 0. The lowest BCUT2D eigenvalue weighted by molar-refractivity contribution is -0.132. The van der Waals surface area contributed by atoms with Gasteiger partial charge in [-0.15, -0.1) is 0 Å². The van der Waals surface area contributed by atoms with Gasteiger partial charge in [-0.05, 0) is 42.7 Å². The van der Waals surface area contributed by atoms with Gasteiger partial charge in [0.1, 0.15) is 0 Å². The smallest absolute Gasteiger partial charge is 0.226 e. The molecular weight excluding hydrogens is 272 g/mol. The molecule has 0 radical (unpaired) electrons. The number of carbonyl (C=O) groups is 1. The summed E-state index contributed by atoms with van der Waals surface area (Å²) < 4.78 is 0. The summed E-state index contributed by atoms with van der Waals surface area (Å²) in [6, 6.07) is 10.6. The van der Waals surface area contributed by atoms with Crippen LogP contribution in [0.3, 0.4) is 0 Å². The van der Waals surface area contributed by atoms with Gasteiger partial charge >= 0.3 is 0 Å². The van der Waals surface area contributed by atoms with Crippen molar-refractivity contribution in [3.63, 3.8) is 0 Å². The topological polar surface area (TPSA) is 46.3 Å². The number of carbonyl (C=O) groups excluding carboxylic acids is 1. The lowest BCUT2D eigenvalue weighted by Crippen LogP contribution is -2.31. The first kappa shape index (κ1) is 14.3. The molecule has 2 N–H and O–H groups in total. The van der Waals surface area contributed by atoms with Crippen molar-refractivity contribution in [1.82, 2.24) is 4.90 Å². The molecule has 1 saturated heterocycles. The van der Waals surface area contributed by atoms with Crippen molar-refractivity contribution in [3.8, 4) is 0 Å². The Morgan fingerprint density at radius 2 is 1.77 bits per heavy atom. The number of fused-ring (bicyclic) bond motifs is 1. The Bertz CT molecular complexity index is 532. The highest BCUT2D eigenvalue weighted by atomic mass is 16.2. The van der Waals surface area contributed by atoms with Crippen molar-refractivity contribution in [2.24, 2.45) is 29.4 Å². The average Bonchev–Trinajstić information content (AvgIpc) is 3.14. The highest BCUT2D eigenvalue weighted by Crippen LogP contribution is 2.56. The fourth-order valence-electron chi connectivity index (χ4n) is 4.94. The van der Waals surface area contributed by atoms with Crippen molar-refractivity contribution in [2.75, 3.05) is 19.6 Å². The average molecular weight is 298 g/mol. The van der Waals surface area contributed by atoms with E-state index in [0.717, 1.165) is 13.1 Å². The van der Waals surface area contributed by atoms with Gasteiger partial charge < -0.3 is 10.6 Å². The summed E-state index contributed by atoms with van der Waals surface area (Å²) >= 11 is 0. The van der Waals surface area contributed by atoms with Gasteiger partial charge in [-0.1, -0.05) is 43.2 Å². The molecule has 1 aliphatic heterocycles. The van der Waals surface area contributed by atoms with Gasteiger partial charge in [-0.3, -0.25) is 4.79 Å². The second kappa shape index (κ2) is 5.69. The summed E-state index contributed by atoms with van der Waals surface area (Å²) in [5, 5.41) is 0. The van der Waals surface area contributed by atoms with Crippen LogP contribution in [0.2, 0.25) is 0 Å². The summed E-state index contributed by atoms with van der Waals surface area (Å²) in [4.78, 5) is 15.0. The Labute approximate surface area is 132 Å². The predicted octanol–water partition coefficient (Wildman–Crippen LogP) is 2.62. The number of nitrogens with zero attached hydrogens (tertiary/aromatic N) is 1. The van der Waals surface area contributed by atoms with Crippen LogP contribution in [0.5, 0.6) is 0 Å². The first-order chi connectivity index (χ1) is 10.8. The van der Waals surface area contributed by atoms with Crippen LogP contribution in [-0.4, -0.2) is 30.4 Å². The third-order valence-electron chi connectivity index (χ3n) is 6.22. The SMILES string of the molecule is NC[C@@H]1CN(C(=O)C2C3CCCCC32)C[C@H]1c1ccccc1. The highest BCUT2D eigenvalue weighted by Gasteiger charge is 2.56. The lowest BCUT2D eigenvalue weighted by Gasteiger charge is -2.17. The quantitative estimate of drug-likeness (QED) is 0.932. The lowest BCUT2D eigenvalue weighted by atomic mass is 9.89. The second-order valence-electron chi connectivity index (χ2n) is 7.39. The molecule has 2 saturated carbocycles. The van der Waals surface area contributed by atoms with Crippen LogP contribution in [-0.2, 0) is 4.79 Å². The molecular formula is C19H26N2O. The standard InChI is InChI=1S/C19H26N2O/c20-10-14-11-21(12-17(14)13-6-2-1-3-7-13)19(22)18-15-8-4-5-9-16(15)18/h1-3,6-7,14-18H,4-5,8-12,20H2/t14-,15?,16?,17+,18?/m1/s1. The molecule has 2 unspecified atom stereocenters. The van der Waals surface area contributed by atoms with E-state index < -0.39 is 0 Å². The summed E-state index contributed by atoms with van der Waals surface area (Å²) in [6.07, 6.45) is 5.20. The maximum absolute atomic E-state index is 12.9. The monoisotopic (exact) mass is 298 g/mol. The van der Waals surface area contributed by atoms with E-state index in [9.17, 15) is 4.79 Å². The van der Waals surface area contributed by atoms with Crippen LogP contribution < -0.4 is 5.73 Å². The van der Waals surface area contributed by atoms with Crippen LogP contribution in [0.15, 0.2) is 30.3 Å². The molecule has 118 valence electrons. The maximum Gasteiger partial charge on any atom is 0.226 e. The van der Waals surface area contributed by atoms with E-state index >= 15 is 0 Å². The van der Waals surface area contributed by atoms with E-state index in [1.807, 2.05) is 6.07 Å². The first-order valence-electron chi connectivity index (χ1n) is 8.83. The van der Waals surface area contributed by atoms with Crippen molar-refractivity contribution >= 4 is 5.91 Å². The number of hydrogen-bond donors (Lipinski definition) is 1. The molecule has 22 heavy (non-hydrogen) atoms. The number of rotatable bonds is 3. The number of likely N-dealkylation sites (tertiary alicyclic amines) is 1. The Morgan fingerprint density at radius 3 is 2.41 bits per heavy atom. The summed E-state index contributed by atoms with van der Waals surface area (Å²) in [5.74, 6) is 2.99. The number of nitrogens with two attached hydrogens (primary N) is 1. The minimum Gasteiger partial charge on any atom is -0.341 e. The molecule has 4 rings (SSSR count). The van der Waals surface area contributed by atoms with Crippen LogP contribution >= 0.6 is 0 Å². The van der Waals surface area contributed by atoms with Crippen LogP contribution in [0, 0.1) is 23.7 Å². The van der Waals surface area contributed by atoms with Crippen LogP contribution in [0.4, 0.5) is 0 Å². The molecule has 1 heterocycles. The largest absolute Gasteiger partial charge is 0.341 e. The van der Waals surface area contributed by atoms with Crippen LogP contribution in [0.25, 0.3) is 0 Å². The fraction of sp³-hybridized carbons (Fsp3) is 0.632. The summed E-state index contributed by atoms with van der Waals surface area (Å²) in [5.41, 5.74) is 7.33. The second-order valence-corrected chi connectivity index (χ2v) is 7.39. The van der Waals surface area contributed by atoms with Crippen molar-refractivity contribution < 1.29 is 4.79 Å². The predicted molar refractivity (Wildman–Crippen MR) is 87.2 cm³/mol. The molecule has 0 spiro atoms. The van der Waals surface area contributed by atoms with E-state index in [-0.39, 0.29) is 0 Å². The van der Waals surface area contributed by atoms with E-state index in [1.165, 1.54) is 31.2 Å². The molecule has 3 fully saturated rings. The molecule has 0 bridgehead atoms. The first-order valence-corrected chi connectivity index (χ1v) is 8.83. The number of benzene rings is 1. The normalized spacial score (nSPS) is 37.0. The Kier molecular flexibility index (Phi) is 3.69. The van der Waals surface area contributed by atoms with E-state index in [0.29, 0.717) is 42.0 Å². The van der Waals surface area contributed by atoms with E-state index in [1.54, 1.807) is 0 Å². The zero-order valence-corrected chi connectivity index (χ0v) is 13.2. The molecule has 3 nitrogen and oxygen atoms in total. The molecule has 4 atom stereocenters. The minimum absolute atomic E-state index is 0.343. The Morgan fingerprint density at radius 1 is 1.09 bits per heavy atom. The fourth-order valence-corrected chi connectivity index (χ4v) is 4.94. The molecule has 1 aromatic rings. The zero-order chi connectivity index (χ0) is 15.1. The van der Waals surface area contributed by atoms with Gasteiger partial charge in [0.15, 0.2) is 0 Å². The van der Waals surface area contributed by atoms with Crippen LogP contribution in [0.1, 0.15) is 37.2 Å². The molecule has 0 aromatic heterocycles. The summed E-state index contributed by atoms with van der Waals surface area (Å²) in [6.45, 7) is 2.38. The molecule has 2 aliphatic carbocycles. The van der Waals surface area contributed by atoms with Crippen molar-refractivity contribution in [1.29, 1.82) is 0 Å². The van der Waals surface area contributed by atoms with Gasteiger partial charge in [0.2, 0.25) is 5.91 Å². The molecule has 1 aromatic carbocycles. The third kappa shape index (κ3) is 2.36. The number of amides is 1. The highest BCUT2D eigenvalue weighted by molar-refractivity contribution is 5.83. The minimum atomic E-state index is 0.343. The van der Waals surface area contributed by atoms with E-state index in [2.05, 4.69) is 29.2 Å². The van der Waals surface area contributed by atoms with Gasteiger partial charge in [-0.25, -0.2) is 0 Å². The Hall–Kier alpha value is -1.35. The van der Waals surface area contributed by atoms with Gasteiger partial charge in [0.25, 0.3) is 0 Å². The molecule has 3 aliphatic rings. The van der Waals surface area contributed by atoms with Gasteiger partial charge in [0.05, 0.1) is 0 Å². The third-order valence-corrected chi connectivity index (χ3v) is 6.22. The number of hydrogen-bond acceptors (Lipinski definition) is 2. The molecule has 1 amide bonds. The van der Waals surface area contributed by atoms with E-state index in [4.69, 9.17) is 5.73 Å². The van der Waals surface area contributed by atoms with Gasteiger partial charge in [0, 0.05) is 24.9 Å². The Balaban J connectivity index is 1.47.